The predicted octanol–water partition coefficient (Wildman–Crippen LogP) is 4.80. The fraction of sp³-hybridized carbons (Fsp3) is 0.464. The van der Waals surface area contributed by atoms with Crippen LogP contribution in [0.4, 0.5) is 4.79 Å². The van der Waals surface area contributed by atoms with Crippen LogP contribution < -0.4 is 5.32 Å². The first-order valence-corrected chi connectivity index (χ1v) is 12.5. The first kappa shape index (κ1) is 24.8. The van der Waals surface area contributed by atoms with Crippen LogP contribution >= 0.6 is 0 Å². The highest BCUT2D eigenvalue weighted by atomic mass is 16.5. The van der Waals surface area contributed by atoms with Gasteiger partial charge < -0.3 is 20.1 Å². The molecule has 2 N–H and O–H groups in total. The van der Waals surface area contributed by atoms with Crippen molar-refractivity contribution in [2.45, 2.75) is 57.9 Å². The molecule has 2 aliphatic rings. The van der Waals surface area contributed by atoms with E-state index in [1.165, 1.54) is 11.1 Å². The summed E-state index contributed by atoms with van der Waals surface area (Å²) in [5, 5.41) is 12.5. The first-order valence-electron chi connectivity index (χ1n) is 12.5. The molecule has 4 rings (SSSR count). The molecular weight excluding hydrogens is 444 g/mol. The smallest absolute Gasteiger partial charge is 0.407 e. The molecule has 7 heteroatoms. The zero-order valence-electron chi connectivity index (χ0n) is 20.5. The van der Waals surface area contributed by atoms with Crippen molar-refractivity contribution in [3.05, 3.63) is 59.7 Å². The molecule has 186 valence electrons. The van der Waals surface area contributed by atoms with Gasteiger partial charge in [-0.25, -0.2) is 4.79 Å². The highest BCUT2D eigenvalue weighted by molar-refractivity contribution is 5.80. The van der Waals surface area contributed by atoms with Crippen molar-refractivity contribution in [1.82, 2.24) is 10.2 Å². The molecule has 1 fully saturated rings. The molecule has 1 aliphatic heterocycles. The molecule has 0 spiro atoms. The summed E-state index contributed by atoms with van der Waals surface area (Å²) in [6.45, 7) is 4.79. The molecule has 2 aromatic rings. The third-order valence-corrected chi connectivity index (χ3v) is 7.56. The van der Waals surface area contributed by atoms with E-state index in [1.807, 2.05) is 38.1 Å². The van der Waals surface area contributed by atoms with Gasteiger partial charge in [0.1, 0.15) is 6.61 Å². The normalized spacial score (nSPS) is 20.0. The number of carboxylic acids is 1. The number of likely N-dealkylation sites (tertiary alicyclic amines) is 1. The highest BCUT2D eigenvalue weighted by Crippen LogP contribution is 2.44. The van der Waals surface area contributed by atoms with Gasteiger partial charge in [0.15, 0.2) is 0 Å². The number of amides is 2. The van der Waals surface area contributed by atoms with Crippen LogP contribution in [0.2, 0.25) is 0 Å². The molecule has 2 atom stereocenters. The molecule has 0 bridgehead atoms. The summed E-state index contributed by atoms with van der Waals surface area (Å²) in [5.74, 6) is -0.898. The molecule has 7 nitrogen and oxygen atoms in total. The van der Waals surface area contributed by atoms with Gasteiger partial charge in [-0.2, -0.15) is 0 Å². The van der Waals surface area contributed by atoms with E-state index in [9.17, 15) is 19.5 Å². The second-order valence-corrected chi connectivity index (χ2v) is 9.77. The Hall–Kier alpha value is -3.35. The minimum Gasteiger partial charge on any atom is -0.481 e. The average Bonchev–Trinajstić information content (AvgIpc) is 3.19. The summed E-state index contributed by atoms with van der Waals surface area (Å²) in [4.78, 5) is 38.6. The molecule has 1 heterocycles. The van der Waals surface area contributed by atoms with Gasteiger partial charge in [-0.15, -0.1) is 0 Å². The van der Waals surface area contributed by atoms with Gasteiger partial charge in [0.05, 0.1) is 5.41 Å². The average molecular weight is 479 g/mol. The number of rotatable bonds is 8. The van der Waals surface area contributed by atoms with Gasteiger partial charge in [-0.1, -0.05) is 55.5 Å². The molecule has 2 amide bonds. The number of fused-ring (bicyclic) bond motifs is 3. The Morgan fingerprint density at radius 3 is 2.34 bits per heavy atom. The number of hydrogen-bond donors (Lipinski definition) is 2. The fourth-order valence-electron chi connectivity index (χ4n) is 5.37. The quantitative estimate of drug-likeness (QED) is 0.568. The maximum absolute atomic E-state index is 12.7. The van der Waals surface area contributed by atoms with E-state index in [-0.39, 0.29) is 37.4 Å². The molecule has 2 unspecified atom stereocenters. The Morgan fingerprint density at radius 2 is 1.74 bits per heavy atom. The standard InChI is InChI=1S/C28H34N2O5/c1-3-28(26(32)33)15-8-16-30(18-28)25(31)14-13-19(2)29-27(34)35-17-24-22-11-6-4-9-20(22)21-10-5-7-12-23(21)24/h4-7,9-12,19,24H,3,8,13-18H2,1-2H3,(H,29,34)(H,32,33). The Kier molecular flexibility index (Phi) is 7.43. The number of carbonyl (C=O) groups excluding carboxylic acids is 2. The lowest BCUT2D eigenvalue weighted by Crippen LogP contribution is -2.49. The van der Waals surface area contributed by atoms with Crippen molar-refractivity contribution in [2.24, 2.45) is 5.41 Å². The topological polar surface area (TPSA) is 95.9 Å². The number of carbonyl (C=O) groups is 3. The zero-order valence-corrected chi connectivity index (χ0v) is 20.5. The van der Waals surface area contributed by atoms with Crippen molar-refractivity contribution < 1.29 is 24.2 Å². The Balaban J connectivity index is 1.26. The summed E-state index contributed by atoms with van der Waals surface area (Å²) >= 11 is 0. The SMILES string of the molecule is CCC1(C(=O)O)CCCN(C(=O)CCC(C)NC(=O)OCC2c3ccccc3-c3ccccc32)C1. The summed E-state index contributed by atoms with van der Waals surface area (Å²) in [5.41, 5.74) is 3.82. The van der Waals surface area contributed by atoms with E-state index >= 15 is 0 Å². The van der Waals surface area contributed by atoms with Crippen molar-refractivity contribution >= 4 is 18.0 Å². The van der Waals surface area contributed by atoms with Crippen LogP contribution in [0.25, 0.3) is 11.1 Å². The largest absolute Gasteiger partial charge is 0.481 e. The molecule has 0 aromatic heterocycles. The summed E-state index contributed by atoms with van der Waals surface area (Å²) in [7, 11) is 0. The second-order valence-electron chi connectivity index (χ2n) is 9.77. The van der Waals surface area contributed by atoms with Crippen LogP contribution in [0.5, 0.6) is 0 Å². The maximum atomic E-state index is 12.7. The molecular formula is C28H34N2O5. The third kappa shape index (κ3) is 5.19. The monoisotopic (exact) mass is 478 g/mol. The summed E-state index contributed by atoms with van der Waals surface area (Å²) < 4.78 is 5.59. The molecule has 2 aromatic carbocycles. The lowest BCUT2D eigenvalue weighted by atomic mass is 9.77. The minimum atomic E-state index is -0.848. The molecule has 1 aliphatic carbocycles. The number of carboxylic acid groups (broad SMARTS) is 1. The molecule has 0 radical (unpaired) electrons. The number of ether oxygens (including phenoxy) is 1. The Bertz CT molecular complexity index is 1050. The predicted molar refractivity (Wildman–Crippen MR) is 133 cm³/mol. The first-order chi connectivity index (χ1) is 16.8. The summed E-state index contributed by atoms with van der Waals surface area (Å²) in [6.07, 6.45) is 2.02. The number of benzene rings is 2. The van der Waals surface area contributed by atoms with Gasteiger partial charge in [0.2, 0.25) is 5.91 Å². The van der Waals surface area contributed by atoms with E-state index in [0.717, 1.165) is 11.1 Å². The van der Waals surface area contributed by atoms with Crippen LogP contribution in [0.15, 0.2) is 48.5 Å². The van der Waals surface area contributed by atoms with E-state index in [4.69, 9.17) is 4.74 Å². The Labute approximate surface area is 206 Å². The maximum Gasteiger partial charge on any atom is 0.407 e. The highest BCUT2D eigenvalue weighted by Gasteiger charge is 2.42. The lowest BCUT2D eigenvalue weighted by Gasteiger charge is -2.39. The van der Waals surface area contributed by atoms with E-state index < -0.39 is 17.5 Å². The van der Waals surface area contributed by atoms with Crippen molar-refractivity contribution in [2.75, 3.05) is 19.7 Å². The van der Waals surface area contributed by atoms with Crippen LogP contribution in [0, 0.1) is 5.41 Å². The van der Waals surface area contributed by atoms with Gasteiger partial charge in [-0.05, 0) is 54.9 Å². The van der Waals surface area contributed by atoms with Crippen molar-refractivity contribution in [3.8, 4) is 11.1 Å². The van der Waals surface area contributed by atoms with Gasteiger partial charge in [0, 0.05) is 31.5 Å². The van der Waals surface area contributed by atoms with Crippen LogP contribution in [-0.4, -0.2) is 53.7 Å². The molecule has 1 saturated heterocycles. The third-order valence-electron chi connectivity index (χ3n) is 7.56. The van der Waals surface area contributed by atoms with Crippen LogP contribution in [0.3, 0.4) is 0 Å². The zero-order chi connectivity index (χ0) is 25.0. The number of nitrogens with zero attached hydrogens (tertiary/aromatic N) is 1. The van der Waals surface area contributed by atoms with Gasteiger partial charge >= 0.3 is 12.1 Å². The van der Waals surface area contributed by atoms with Crippen LogP contribution in [0.1, 0.15) is 63.0 Å². The number of piperidine rings is 1. The van der Waals surface area contributed by atoms with Gasteiger partial charge in [0.25, 0.3) is 0 Å². The fourth-order valence-corrected chi connectivity index (χ4v) is 5.37. The molecule has 0 saturated carbocycles. The van der Waals surface area contributed by atoms with E-state index in [0.29, 0.717) is 32.2 Å². The van der Waals surface area contributed by atoms with Crippen molar-refractivity contribution in [1.29, 1.82) is 0 Å². The lowest BCUT2D eigenvalue weighted by molar-refractivity contribution is -0.155. The number of hydrogen-bond acceptors (Lipinski definition) is 4. The number of alkyl carbamates (subject to hydrolysis) is 1. The molecule has 35 heavy (non-hydrogen) atoms. The second kappa shape index (κ2) is 10.5. The summed E-state index contributed by atoms with van der Waals surface area (Å²) in [6, 6.07) is 16.1. The minimum absolute atomic E-state index is 0.00259. The van der Waals surface area contributed by atoms with Crippen molar-refractivity contribution in [3.63, 3.8) is 0 Å². The Morgan fingerprint density at radius 1 is 1.11 bits per heavy atom. The van der Waals surface area contributed by atoms with Gasteiger partial charge in [-0.3, -0.25) is 9.59 Å². The number of nitrogens with one attached hydrogen (secondary N) is 1. The van der Waals surface area contributed by atoms with E-state index in [1.54, 1.807) is 4.90 Å². The number of aliphatic carboxylic acids is 1. The van der Waals surface area contributed by atoms with E-state index in [2.05, 4.69) is 29.6 Å². The van der Waals surface area contributed by atoms with Crippen LogP contribution in [-0.2, 0) is 14.3 Å².